The highest BCUT2D eigenvalue weighted by molar-refractivity contribution is 7.89. The minimum atomic E-state index is -3.64. The predicted molar refractivity (Wildman–Crippen MR) is 90.5 cm³/mol. The number of carbonyl (C=O) groups excluding carboxylic acids is 1. The molecular formula is C17H17FN2O4S. The summed E-state index contributed by atoms with van der Waals surface area (Å²) in [6, 6.07) is 10.2. The van der Waals surface area contributed by atoms with Gasteiger partial charge in [0.05, 0.1) is 17.9 Å². The third kappa shape index (κ3) is 4.34. The normalized spacial score (nSPS) is 13.4. The molecular weight excluding hydrogens is 347 g/mol. The summed E-state index contributed by atoms with van der Waals surface area (Å²) in [4.78, 5) is 11.5. The minimum Gasteiger partial charge on any atom is -0.494 e. The van der Waals surface area contributed by atoms with Crippen LogP contribution in [0.4, 0.5) is 10.1 Å². The van der Waals surface area contributed by atoms with Crippen molar-refractivity contribution in [3.8, 4) is 5.75 Å². The van der Waals surface area contributed by atoms with Crippen LogP contribution in [-0.4, -0.2) is 27.5 Å². The van der Waals surface area contributed by atoms with Crippen LogP contribution in [0.25, 0.3) is 0 Å². The highest BCUT2D eigenvalue weighted by Gasteiger charge is 2.21. The summed E-state index contributed by atoms with van der Waals surface area (Å²) in [7, 11) is -3.64. The van der Waals surface area contributed by atoms with Gasteiger partial charge in [0, 0.05) is 12.2 Å². The van der Waals surface area contributed by atoms with Crippen LogP contribution in [0.3, 0.4) is 0 Å². The van der Waals surface area contributed by atoms with Crippen LogP contribution in [0, 0.1) is 5.82 Å². The Hall–Kier alpha value is -2.45. The van der Waals surface area contributed by atoms with E-state index in [4.69, 9.17) is 4.74 Å². The molecule has 0 aromatic heterocycles. The number of carbonyl (C=O) groups is 1. The third-order valence-corrected chi connectivity index (χ3v) is 5.17. The van der Waals surface area contributed by atoms with Crippen molar-refractivity contribution >= 4 is 21.6 Å². The van der Waals surface area contributed by atoms with Gasteiger partial charge in [-0.3, -0.25) is 4.79 Å². The fraction of sp³-hybridized carbons (Fsp3) is 0.235. The topological polar surface area (TPSA) is 84.5 Å². The maximum absolute atomic E-state index is 12.8. The van der Waals surface area contributed by atoms with Crippen molar-refractivity contribution in [2.24, 2.45) is 0 Å². The van der Waals surface area contributed by atoms with Crippen molar-refractivity contribution in [3.05, 3.63) is 53.8 Å². The fourth-order valence-corrected chi connectivity index (χ4v) is 3.58. The van der Waals surface area contributed by atoms with Gasteiger partial charge in [-0.05, 0) is 54.4 Å². The van der Waals surface area contributed by atoms with Gasteiger partial charge < -0.3 is 10.1 Å². The van der Waals surface area contributed by atoms with E-state index in [1.807, 2.05) is 0 Å². The molecule has 0 radical (unpaired) electrons. The number of anilines is 1. The van der Waals surface area contributed by atoms with Gasteiger partial charge in [0.1, 0.15) is 11.6 Å². The largest absolute Gasteiger partial charge is 0.494 e. The molecule has 0 saturated carbocycles. The zero-order valence-electron chi connectivity index (χ0n) is 13.3. The van der Waals surface area contributed by atoms with Crippen LogP contribution in [0.1, 0.15) is 12.0 Å². The van der Waals surface area contributed by atoms with Crippen LogP contribution >= 0.6 is 0 Å². The standard InChI is InChI=1S/C17H17FN2O4S/c18-13-2-4-14(5-3-13)24-9-1-8-19-25(22,23)15-6-7-16-12(10-15)11-17(21)20-16/h2-7,10,19H,1,8-9,11H2,(H,20,21). The summed E-state index contributed by atoms with van der Waals surface area (Å²) in [5.74, 6) is 0.0434. The van der Waals surface area contributed by atoms with Gasteiger partial charge >= 0.3 is 0 Å². The van der Waals surface area contributed by atoms with E-state index in [-0.39, 0.29) is 29.6 Å². The average Bonchev–Trinajstić information content (AvgIpc) is 2.95. The number of benzene rings is 2. The van der Waals surface area contributed by atoms with E-state index in [2.05, 4.69) is 10.0 Å². The molecule has 1 amide bonds. The first kappa shape index (κ1) is 17.4. The number of nitrogens with one attached hydrogen (secondary N) is 2. The molecule has 0 spiro atoms. The summed E-state index contributed by atoms with van der Waals surface area (Å²) in [6.07, 6.45) is 0.645. The molecule has 0 unspecified atom stereocenters. The van der Waals surface area contributed by atoms with Gasteiger partial charge in [0.15, 0.2) is 0 Å². The van der Waals surface area contributed by atoms with E-state index in [0.717, 1.165) is 0 Å². The molecule has 1 aliphatic rings. The zero-order chi connectivity index (χ0) is 17.9. The predicted octanol–water partition coefficient (Wildman–Crippen LogP) is 2.07. The molecule has 0 fully saturated rings. The number of halogens is 1. The van der Waals surface area contributed by atoms with Gasteiger partial charge in [0.25, 0.3) is 0 Å². The maximum atomic E-state index is 12.8. The van der Waals surface area contributed by atoms with E-state index < -0.39 is 10.0 Å². The van der Waals surface area contributed by atoms with Crippen molar-refractivity contribution in [2.75, 3.05) is 18.5 Å². The molecule has 2 aromatic rings. The first-order valence-corrected chi connectivity index (χ1v) is 9.23. The number of sulfonamides is 1. The van der Waals surface area contributed by atoms with E-state index in [0.29, 0.717) is 30.0 Å². The number of rotatable bonds is 7. The highest BCUT2D eigenvalue weighted by atomic mass is 32.2. The molecule has 0 bridgehead atoms. The van der Waals surface area contributed by atoms with E-state index in [1.165, 1.54) is 36.4 Å². The SMILES string of the molecule is O=C1Cc2cc(S(=O)(=O)NCCCOc3ccc(F)cc3)ccc2N1. The lowest BCUT2D eigenvalue weighted by Crippen LogP contribution is -2.26. The van der Waals surface area contributed by atoms with Crippen LogP contribution < -0.4 is 14.8 Å². The molecule has 2 N–H and O–H groups in total. The lowest BCUT2D eigenvalue weighted by atomic mass is 10.2. The molecule has 3 rings (SSSR count). The van der Waals surface area contributed by atoms with Crippen LogP contribution in [0.5, 0.6) is 5.75 Å². The average molecular weight is 364 g/mol. The minimum absolute atomic E-state index is 0.127. The molecule has 1 aliphatic heterocycles. The smallest absolute Gasteiger partial charge is 0.240 e. The summed E-state index contributed by atoms with van der Waals surface area (Å²) < 4.78 is 45.2. The summed E-state index contributed by atoms with van der Waals surface area (Å²) >= 11 is 0. The summed E-state index contributed by atoms with van der Waals surface area (Å²) in [5.41, 5.74) is 1.32. The second-order valence-corrected chi connectivity index (χ2v) is 7.36. The van der Waals surface area contributed by atoms with E-state index in [1.54, 1.807) is 6.07 Å². The Bertz CT molecular complexity index is 882. The highest BCUT2D eigenvalue weighted by Crippen LogP contribution is 2.25. The molecule has 1 heterocycles. The number of fused-ring (bicyclic) bond motifs is 1. The summed E-state index contributed by atoms with van der Waals surface area (Å²) in [6.45, 7) is 0.508. The van der Waals surface area contributed by atoms with Crippen molar-refractivity contribution in [2.45, 2.75) is 17.7 Å². The molecule has 0 aliphatic carbocycles. The Labute approximate surface area is 145 Å². The Morgan fingerprint density at radius 1 is 1.16 bits per heavy atom. The molecule has 6 nitrogen and oxygen atoms in total. The number of hydrogen-bond acceptors (Lipinski definition) is 4. The second-order valence-electron chi connectivity index (χ2n) is 5.60. The second kappa shape index (κ2) is 7.20. The van der Waals surface area contributed by atoms with Gasteiger partial charge in [-0.15, -0.1) is 0 Å². The number of hydrogen-bond donors (Lipinski definition) is 2. The zero-order valence-corrected chi connectivity index (χ0v) is 14.1. The summed E-state index contributed by atoms with van der Waals surface area (Å²) in [5, 5.41) is 2.66. The van der Waals surface area contributed by atoms with Crippen LogP contribution in [-0.2, 0) is 21.2 Å². The van der Waals surface area contributed by atoms with Gasteiger partial charge in [-0.2, -0.15) is 0 Å². The van der Waals surface area contributed by atoms with Crippen molar-refractivity contribution < 1.29 is 22.3 Å². The van der Waals surface area contributed by atoms with E-state index >= 15 is 0 Å². The Morgan fingerprint density at radius 2 is 1.92 bits per heavy atom. The first-order chi connectivity index (χ1) is 11.9. The van der Waals surface area contributed by atoms with Crippen molar-refractivity contribution in [1.82, 2.24) is 4.72 Å². The lowest BCUT2D eigenvalue weighted by Gasteiger charge is -2.09. The van der Waals surface area contributed by atoms with E-state index in [9.17, 15) is 17.6 Å². The van der Waals surface area contributed by atoms with Crippen LogP contribution in [0.15, 0.2) is 47.4 Å². The van der Waals surface area contributed by atoms with Crippen molar-refractivity contribution in [3.63, 3.8) is 0 Å². The maximum Gasteiger partial charge on any atom is 0.240 e. The van der Waals surface area contributed by atoms with Gasteiger partial charge in [-0.25, -0.2) is 17.5 Å². The quantitative estimate of drug-likeness (QED) is 0.737. The van der Waals surface area contributed by atoms with Gasteiger partial charge in [-0.1, -0.05) is 0 Å². The monoisotopic (exact) mass is 364 g/mol. The lowest BCUT2D eigenvalue weighted by molar-refractivity contribution is -0.115. The molecule has 2 aromatic carbocycles. The number of ether oxygens (including phenoxy) is 1. The molecule has 0 saturated heterocycles. The van der Waals surface area contributed by atoms with Crippen molar-refractivity contribution in [1.29, 1.82) is 0 Å². The van der Waals surface area contributed by atoms with Crippen LogP contribution in [0.2, 0.25) is 0 Å². The molecule has 25 heavy (non-hydrogen) atoms. The molecule has 8 heteroatoms. The first-order valence-electron chi connectivity index (χ1n) is 7.75. The third-order valence-electron chi connectivity index (χ3n) is 3.71. The molecule has 0 atom stereocenters. The van der Waals surface area contributed by atoms with Gasteiger partial charge in [0.2, 0.25) is 15.9 Å². The number of amides is 1. The Balaban J connectivity index is 1.50. The Morgan fingerprint density at radius 3 is 2.68 bits per heavy atom. The Kier molecular flexibility index (Phi) is 5.00. The molecule has 132 valence electrons. The fourth-order valence-electron chi connectivity index (χ4n) is 2.46.